The van der Waals surface area contributed by atoms with Crippen LogP contribution in [-0.2, 0) is 11.3 Å². The number of aldehydes is 1. The summed E-state index contributed by atoms with van der Waals surface area (Å²) < 4.78 is 6.25. The van der Waals surface area contributed by atoms with Gasteiger partial charge in [-0.2, -0.15) is 0 Å². The normalized spacial score (nSPS) is 10.2. The van der Waals surface area contributed by atoms with E-state index < -0.39 is 0 Å². The highest BCUT2D eigenvalue weighted by atomic mass is 35.5. The lowest BCUT2D eigenvalue weighted by molar-refractivity contribution is -0.755. The average molecular weight is 281 g/mol. The standard InChI is InChI=1S/C12H10ClN3O3/c1-8(18)14-12-11(7-17)16(15-19-12)6-9-4-2-3-5-10(9)13/h2-5,7H,6H2,1H3/p+1. The fourth-order valence-corrected chi connectivity index (χ4v) is 1.76. The molecule has 0 fully saturated rings. The third-order valence-corrected chi connectivity index (χ3v) is 2.79. The van der Waals surface area contributed by atoms with E-state index in [0.717, 1.165) is 5.56 Å². The third-order valence-electron chi connectivity index (χ3n) is 2.42. The van der Waals surface area contributed by atoms with Crippen molar-refractivity contribution in [3.8, 4) is 0 Å². The Labute approximate surface area is 113 Å². The SMILES string of the molecule is CC(=O)Nc1on[n+](Cc2ccccc2Cl)c1C=O. The molecule has 1 amide bonds. The summed E-state index contributed by atoms with van der Waals surface area (Å²) in [7, 11) is 0. The minimum Gasteiger partial charge on any atom is -0.291 e. The maximum absolute atomic E-state index is 11.1. The van der Waals surface area contributed by atoms with Crippen LogP contribution in [0.2, 0.25) is 5.02 Å². The van der Waals surface area contributed by atoms with E-state index in [1.807, 2.05) is 18.2 Å². The Balaban J connectivity index is 2.31. The van der Waals surface area contributed by atoms with Crippen molar-refractivity contribution in [2.75, 3.05) is 5.32 Å². The summed E-state index contributed by atoms with van der Waals surface area (Å²) in [6, 6.07) is 7.20. The van der Waals surface area contributed by atoms with Gasteiger partial charge < -0.3 is 0 Å². The first-order valence-electron chi connectivity index (χ1n) is 5.47. The zero-order valence-corrected chi connectivity index (χ0v) is 10.8. The van der Waals surface area contributed by atoms with Crippen LogP contribution >= 0.6 is 11.6 Å². The van der Waals surface area contributed by atoms with Crippen molar-refractivity contribution in [3.05, 3.63) is 40.5 Å². The summed E-state index contributed by atoms with van der Waals surface area (Å²) in [4.78, 5) is 22.0. The van der Waals surface area contributed by atoms with Gasteiger partial charge in [0.25, 0.3) is 0 Å². The van der Waals surface area contributed by atoms with Crippen molar-refractivity contribution in [1.82, 2.24) is 5.27 Å². The van der Waals surface area contributed by atoms with E-state index in [0.29, 0.717) is 11.3 Å². The van der Waals surface area contributed by atoms with Gasteiger partial charge in [0.2, 0.25) is 24.0 Å². The lowest BCUT2D eigenvalue weighted by Gasteiger charge is -1.96. The molecule has 0 saturated carbocycles. The summed E-state index contributed by atoms with van der Waals surface area (Å²) in [5.74, 6) is -0.321. The Morgan fingerprint density at radius 3 is 2.89 bits per heavy atom. The lowest BCUT2D eigenvalue weighted by atomic mass is 10.2. The van der Waals surface area contributed by atoms with Crippen LogP contribution in [0, 0.1) is 0 Å². The molecule has 0 aliphatic heterocycles. The lowest BCUT2D eigenvalue weighted by Crippen LogP contribution is -2.40. The van der Waals surface area contributed by atoms with Crippen LogP contribution in [0.1, 0.15) is 23.0 Å². The molecule has 0 aliphatic carbocycles. The predicted molar refractivity (Wildman–Crippen MR) is 66.9 cm³/mol. The topological polar surface area (TPSA) is 76.1 Å². The third kappa shape index (κ3) is 2.97. The minimum absolute atomic E-state index is 0.0227. The number of nitrogens with one attached hydrogen (secondary N) is 1. The fraction of sp³-hybridized carbons (Fsp3) is 0.167. The number of aromatic nitrogens is 2. The van der Waals surface area contributed by atoms with Crippen molar-refractivity contribution in [2.45, 2.75) is 13.5 Å². The zero-order valence-electron chi connectivity index (χ0n) is 10.1. The molecule has 0 aliphatic rings. The van der Waals surface area contributed by atoms with Crippen LogP contribution < -0.4 is 10.00 Å². The number of hydrogen-bond donors (Lipinski definition) is 1. The summed E-state index contributed by atoms with van der Waals surface area (Å²) in [6.07, 6.45) is 0.568. The maximum Gasteiger partial charge on any atom is 0.337 e. The highest BCUT2D eigenvalue weighted by molar-refractivity contribution is 6.31. The molecular formula is C12H11ClN3O3+. The molecule has 19 heavy (non-hydrogen) atoms. The van der Waals surface area contributed by atoms with Crippen molar-refractivity contribution in [3.63, 3.8) is 0 Å². The van der Waals surface area contributed by atoms with E-state index in [-0.39, 0.29) is 24.0 Å². The van der Waals surface area contributed by atoms with E-state index in [4.69, 9.17) is 16.1 Å². The average Bonchev–Trinajstić information content (AvgIpc) is 2.73. The zero-order chi connectivity index (χ0) is 13.8. The van der Waals surface area contributed by atoms with Gasteiger partial charge in [-0.25, -0.2) is 0 Å². The fourth-order valence-electron chi connectivity index (χ4n) is 1.56. The number of carbonyl (C=O) groups is 2. The first kappa shape index (κ1) is 13.2. The Hall–Kier alpha value is -2.21. The van der Waals surface area contributed by atoms with E-state index in [9.17, 15) is 9.59 Å². The molecule has 1 heterocycles. The number of halogens is 1. The van der Waals surface area contributed by atoms with Gasteiger partial charge in [-0.15, -0.1) is 0 Å². The Bertz CT molecular complexity index is 624. The largest absolute Gasteiger partial charge is 0.337 e. The Morgan fingerprint density at radius 1 is 1.53 bits per heavy atom. The molecule has 0 radical (unpaired) electrons. The van der Waals surface area contributed by atoms with E-state index in [1.54, 1.807) is 6.07 Å². The number of amides is 1. The van der Waals surface area contributed by atoms with Gasteiger partial charge in [0.15, 0.2) is 0 Å². The van der Waals surface area contributed by atoms with Crippen LogP contribution in [0.4, 0.5) is 5.88 Å². The molecule has 0 atom stereocenters. The molecule has 0 unspecified atom stereocenters. The summed E-state index contributed by atoms with van der Waals surface area (Å²) in [5.41, 5.74) is 0.940. The van der Waals surface area contributed by atoms with Gasteiger partial charge in [-0.3, -0.25) is 19.4 Å². The number of anilines is 1. The van der Waals surface area contributed by atoms with Crippen LogP contribution in [-0.4, -0.2) is 17.5 Å². The molecule has 6 nitrogen and oxygen atoms in total. The summed E-state index contributed by atoms with van der Waals surface area (Å²) >= 11 is 6.03. The molecule has 0 spiro atoms. The molecule has 7 heteroatoms. The maximum atomic E-state index is 11.1. The number of hydrogen-bond acceptors (Lipinski definition) is 4. The second-order valence-corrected chi connectivity index (χ2v) is 4.24. The molecule has 1 aromatic heterocycles. The Kier molecular flexibility index (Phi) is 3.91. The molecule has 98 valence electrons. The number of benzene rings is 1. The van der Waals surface area contributed by atoms with Crippen LogP contribution in [0.15, 0.2) is 28.8 Å². The smallest absolute Gasteiger partial charge is 0.291 e. The van der Waals surface area contributed by atoms with Crippen LogP contribution in [0.25, 0.3) is 0 Å². The molecule has 0 bridgehead atoms. The van der Waals surface area contributed by atoms with Crippen molar-refractivity contribution in [1.29, 1.82) is 0 Å². The number of rotatable bonds is 4. The number of nitrogens with zero attached hydrogens (tertiary/aromatic N) is 2. The van der Waals surface area contributed by atoms with E-state index >= 15 is 0 Å². The van der Waals surface area contributed by atoms with Crippen LogP contribution in [0.3, 0.4) is 0 Å². The van der Waals surface area contributed by atoms with Gasteiger partial charge in [-0.1, -0.05) is 29.8 Å². The predicted octanol–water partition coefficient (Wildman–Crippen LogP) is 1.43. The number of carbonyl (C=O) groups excluding carboxylic acids is 2. The van der Waals surface area contributed by atoms with Gasteiger partial charge in [0.1, 0.15) is 0 Å². The summed E-state index contributed by atoms with van der Waals surface area (Å²) in [5, 5.41) is 6.67. The van der Waals surface area contributed by atoms with Gasteiger partial charge in [-0.05, 0) is 10.7 Å². The highest BCUT2D eigenvalue weighted by Crippen LogP contribution is 2.15. The van der Waals surface area contributed by atoms with Gasteiger partial charge in [0, 0.05) is 12.5 Å². The molecule has 2 rings (SSSR count). The first-order valence-corrected chi connectivity index (χ1v) is 5.85. The second-order valence-electron chi connectivity index (χ2n) is 3.84. The first-order chi connectivity index (χ1) is 9.11. The van der Waals surface area contributed by atoms with Crippen molar-refractivity contribution < 1.29 is 18.8 Å². The van der Waals surface area contributed by atoms with E-state index in [2.05, 4.69) is 10.6 Å². The highest BCUT2D eigenvalue weighted by Gasteiger charge is 2.25. The Morgan fingerprint density at radius 2 is 2.26 bits per heavy atom. The van der Waals surface area contributed by atoms with Crippen molar-refractivity contribution >= 4 is 29.7 Å². The van der Waals surface area contributed by atoms with E-state index in [1.165, 1.54) is 11.6 Å². The van der Waals surface area contributed by atoms with Crippen molar-refractivity contribution in [2.24, 2.45) is 0 Å². The molecule has 0 saturated heterocycles. The molecule has 1 N–H and O–H groups in total. The van der Waals surface area contributed by atoms with Crippen LogP contribution in [0.5, 0.6) is 0 Å². The quantitative estimate of drug-likeness (QED) is 0.679. The molecule has 2 aromatic rings. The minimum atomic E-state index is -0.343. The second kappa shape index (κ2) is 5.62. The monoisotopic (exact) mass is 280 g/mol. The summed E-state index contributed by atoms with van der Waals surface area (Å²) in [6.45, 7) is 1.59. The molecule has 1 aromatic carbocycles. The van der Waals surface area contributed by atoms with Gasteiger partial charge in [0.05, 0.1) is 5.02 Å². The molecular weight excluding hydrogens is 270 g/mol. The van der Waals surface area contributed by atoms with Gasteiger partial charge >= 0.3 is 11.6 Å².